The van der Waals surface area contributed by atoms with Crippen LogP contribution >= 0.6 is 0 Å². The Kier molecular flexibility index (Phi) is 3.93. The molecule has 1 aromatic rings. The molecule has 1 aromatic carbocycles. The highest BCUT2D eigenvalue weighted by Gasteiger charge is 2.30. The smallest absolute Gasteiger partial charge is 0.187 e. The molecule has 0 amide bonds. The average molecular weight is 306 g/mol. The van der Waals surface area contributed by atoms with Crippen molar-refractivity contribution in [1.82, 2.24) is 0 Å². The molecule has 23 heavy (non-hydrogen) atoms. The molecule has 0 heterocycles. The number of rotatable bonds is 3. The van der Waals surface area contributed by atoms with Crippen LogP contribution < -0.4 is 0 Å². The van der Waals surface area contributed by atoms with E-state index >= 15 is 0 Å². The van der Waals surface area contributed by atoms with E-state index in [-0.39, 0.29) is 17.0 Å². The zero-order valence-corrected chi connectivity index (χ0v) is 14.0. The Morgan fingerprint density at radius 3 is 2.61 bits per heavy atom. The van der Waals surface area contributed by atoms with E-state index < -0.39 is 0 Å². The molecule has 0 bridgehead atoms. The molecule has 1 atom stereocenters. The number of hydrogen-bond acceptors (Lipinski definition) is 2. The Balaban J connectivity index is 1.94. The Morgan fingerprint density at radius 2 is 1.87 bits per heavy atom. The van der Waals surface area contributed by atoms with Crippen molar-refractivity contribution in [3.8, 4) is 0 Å². The largest absolute Gasteiger partial charge is 0.289 e. The van der Waals surface area contributed by atoms with Gasteiger partial charge in [0.25, 0.3) is 0 Å². The summed E-state index contributed by atoms with van der Waals surface area (Å²) >= 11 is 0. The van der Waals surface area contributed by atoms with E-state index in [0.717, 1.165) is 24.8 Å². The van der Waals surface area contributed by atoms with Crippen LogP contribution in [0.4, 0.5) is 0 Å². The Hall–Kier alpha value is -2.22. The van der Waals surface area contributed by atoms with Gasteiger partial charge in [0.1, 0.15) is 0 Å². The number of ketones is 2. The second kappa shape index (κ2) is 5.77. The highest BCUT2D eigenvalue weighted by molar-refractivity contribution is 6.23. The van der Waals surface area contributed by atoms with Gasteiger partial charge in [-0.3, -0.25) is 9.59 Å². The zero-order chi connectivity index (χ0) is 16.6. The van der Waals surface area contributed by atoms with Crippen LogP contribution in [0.5, 0.6) is 0 Å². The molecule has 0 saturated carbocycles. The van der Waals surface area contributed by atoms with Crippen LogP contribution in [0.2, 0.25) is 0 Å². The normalized spacial score (nSPS) is 21.9. The van der Waals surface area contributed by atoms with Crippen LogP contribution in [-0.4, -0.2) is 11.6 Å². The maximum Gasteiger partial charge on any atom is 0.187 e. The molecule has 0 N–H and O–H groups in total. The van der Waals surface area contributed by atoms with E-state index in [1.165, 1.54) is 23.3 Å². The number of allylic oxidation sites excluding steroid dienone is 5. The first-order valence-electron chi connectivity index (χ1n) is 8.15. The van der Waals surface area contributed by atoms with Gasteiger partial charge < -0.3 is 0 Å². The number of benzene rings is 1. The first kappa shape index (κ1) is 15.7. The average Bonchev–Trinajstić information content (AvgIpc) is 2.49. The minimum atomic E-state index is -0.0762. The van der Waals surface area contributed by atoms with Crippen molar-refractivity contribution >= 4 is 17.6 Å². The van der Waals surface area contributed by atoms with Crippen molar-refractivity contribution in [2.75, 3.05) is 0 Å². The summed E-state index contributed by atoms with van der Waals surface area (Å²) in [7, 11) is 0. The van der Waals surface area contributed by atoms with Gasteiger partial charge in [0.15, 0.2) is 11.6 Å². The predicted octanol–water partition coefficient (Wildman–Crippen LogP) is 4.94. The fourth-order valence-electron chi connectivity index (χ4n) is 3.44. The third-order valence-corrected chi connectivity index (χ3v) is 4.75. The van der Waals surface area contributed by atoms with Crippen molar-refractivity contribution in [2.45, 2.75) is 40.0 Å². The molecule has 3 rings (SSSR count). The van der Waals surface area contributed by atoms with Gasteiger partial charge in [0, 0.05) is 11.1 Å². The second-order valence-corrected chi connectivity index (χ2v) is 7.11. The number of carbonyl (C=O) groups is 2. The van der Waals surface area contributed by atoms with Gasteiger partial charge in [-0.1, -0.05) is 36.8 Å². The molecule has 2 aliphatic carbocycles. The Bertz CT molecular complexity index is 773. The van der Waals surface area contributed by atoms with Gasteiger partial charge in [-0.2, -0.15) is 0 Å². The lowest BCUT2D eigenvalue weighted by Gasteiger charge is -2.31. The lowest BCUT2D eigenvalue weighted by atomic mass is 9.72. The summed E-state index contributed by atoms with van der Waals surface area (Å²) in [5.74, 6) is -0.137. The summed E-state index contributed by atoms with van der Waals surface area (Å²) < 4.78 is 0. The third kappa shape index (κ3) is 2.98. The van der Waals surface area contributed by atoms with E-state index in [9.17, 15) is 9.59 Å². The van der Waals surface area contributed by atoms with Crippen LogP contribution in [0, 0.1) is 5.41 Å². The van der Waals surface area contributed by atoms with Crippen molar-refractivity contribution in [3.05, 3.63) is 64.3 Å². The second-order valence-electron chi connectivity index (χ2n) is 7.11. The molecule has 0 spiro atoms. The summed E-state index contributed by atoms with van der Waals surface area (Å²) in [6, 6.07) is 3.83. The van der Waals surface area contributed by atoms with Crippen LogP contribution in [0.15, 0.2) is 42.0 Å². The Morgan fingerprint density at radius 1 is 1.13 bits per heavy atom. The molecular formula is C21H22O2. The van der Waals surface area contributed by atoms with Gasteiger partial charge in [-0.15, -0.1) is 0 Å². The SMILES string of the molecule is CC(C)=CCCC1(C)C=Cc2c(ccc3c2C(=O)C=CC3=O)C1. The predicted molar refractivity (Wildman–Crippen MR) is 93.8 cm³/mol. The Labute approximate surface area is 137 Å². The molecule has 0 fully saturated rings. The molecule has 0 saturated heterocycles. The highest BCUT2D eigenvalue weighted by Crippen LogP contribution is 2.39. The molecule has 0 aromatic heterocycles. The van der Waals surface area contributed by atoms with Crippen LogP contribution in [0.3, 0.4) is 0 Å². The summed E-state index contributed by atoms with van der Waals surface area (Å²) in [5.41, 5.74) is 4.67. The number of carbonyl (C=O) groups excluding carboxylic acids is 2. The number of hydrogen-bond donors (Lipinski definition) is 0. The van der Waals surface area contributed by atoms with E-state index in [4.69, 9.17) is 0 Å². The fourth-order valence-corrected chi connectivity index (χ4v) is 3.44. The van der Waals surface area contributed by atoms with E-state index in [0.29, 0.717) is 11.1 Å². The van der Waals surface area contributed by atoms with E-state index in [2.05, 4.69) is 32.9 Å². The molecular weight excluding hydrogens is 284 g/mol. The maximum atomic E-state index is 12.2. The van der Waals surface area contributed by atoms with Crippen LogP contribution in [0.1, 0.15) is 65.5 Å². The third-order valence-electron chi connectivity index (χ3n) is 4.75. The molecule has 2 heteroatoms. The molecule has 2 nitrogen and oxygen atoms in total. The zero-order valence-electron chi connectivity index (χ0n) is 14.0. The van der Waals surface area contributed by atoms with Crippen molar-refractivity contribution in [3.63, 3.8) is 0 Å². The quantitative estimate of drug-likeness (QED) is 0.741. The summed E-state index contributed by atoms with van der Waals surface area (Å²) in [4.78, 5) is 24.2. The van der Waals surface area contributed by atoms with Crippen LogP contribution in [0.25, 0.3) is 6.08 Å². The van der Waals surface area contributed by atoms with Crippen molar-refractivity contribution in [1.29, 1.82) is 0 Å². The van der Waals surface area contributed by atoms with Gasteiger partial charge >= 0.3 is 0 Å². The monoisotopic (exact) mass is 306 g/mol. The number of fused-ring (bicyclic) bond motifs is 3. The van der Waals surface area contributed by atoms with E-state index in [1.807, 2.05) is 18.2 Å². The molecule has 0 aliphatic heterocycles. The van der Waals surface area contributed by atoms with Gasteiger partial charge in [-0.05, 0) is 67.9 Å². The van der Waals surface area contributed by atoms with Crippen molar-refractivity contribution < 1.29 is 9.59 Å². The topological polar surface area (TPSA) is 34.1 Å². The summed E-state index contributed by atoms with van der Waals surface area (Å²) in [6.07, 6.45) is 12.3. The van der Waals surface area contributed by atoms with Gasteiger partial charge in [0.05, 0.1) is 0 Å². The lowest BCUT2D eigenvalue weighted by Crippen LogP contribution is -2.23. The minimum Gasteiger partial charge on any atom is -0.289 e. The summed E-state index contributed by atoms with van der Waals surface area (Å²) in [6.45, 7) is 6.51. The lowest BCUT2D eigenvalue weighted by molar-refractivity contribution is 0.0993. The van der Waals surface area contributed by atoms with E-state index in [1.54, 1.807) is 0 Å². The van der Waals surface area contributed by atoms with Crippen molar-refractivity contribution in [2.24, 2.45) is 5.41 Å². The first-order valence-corrected chi connectivity index (χ1v) is 8.15. The minimum absolute atomic E-state index is 0.0609. The summed E-state index contributed by atoms with van der Waals surface area (Å²) in [5, 5.41) is 0. The highest BCUT2D eigenvalue weighted by atomic mass is 16.1. The van der Waals surface area contributed by atoms with Gasteiger partial charge in [0.2, 0.25) is 0 Å². The fraction of sp³-hybridized carbons (Fsp3) is 0.333. The van der Waals surface area contributed by atoms with Crippen LogP contribution in [-0.2, 0) is 6.42 Å². The first-order chi connectivity index (χ1) is 10.9. The molecule has 118 valence electrons. The molecule has 0 radical (unpaired) electrons. The molecule has 1 unspecified atom stereocenters. The van der Waals surface area contributed by atoms with Gasteiger partial charge in [-0.25, -0.2) is 0 Å². The maximum absolute atomic E-state index is 12.2. The molecule has 2 aliphatic rings. The standard InChI is InChI=1S/C21H22O2/c1-14(2)5-4-11-21(3)12-10-16-15(13-21)6-7-17-18(22)8-9-19(23)20(16)17/h5-10,12H,4,11,13H2,1-3H3.